The molecule has 2 nitrogen and oxygen atoms in total. The molecular weight excluding hydrogens is 230 g/mol. The van der Waals surface area contributed by atoms with E-state index in [0.717, 1.165) is 11.3 Å². The summed E-state index contributed by atoms with van der Waals surface area (Å²) in [7, 11) is 1.87. The zero-order valence-electron chi connectivity index (χ0n) is 11.3. The minimum absolute atomic E-state index is 0.457. The lowest BCUT2D eigenvalue weighted by molar-refractivity contribution is 0.0360. The maximum absolute atomic E-state index is 5.63. The van der Waals surface area contributed by atoms with Crippen LogP contribution in [0.15, 0.2) is 0 Å². The van der Waals surface area contributed by atoms with Gasteiger partial charge < -0.3 is 10.1 Å². The smallest absolute Gasteiger partial charge is 0.0724 e. The summed E-state index contributed by atoms with van der Waals surface area (Å²) in [5.74, 6) is 0. The van der Waals surface area contributed by atoms with Gasteiger partial charge in [0.15, 0.2) is 0 Å². The summed E-state index contributed by atoms with van der Waals surface area (Å²) in [6.45, 7) is 0. The molecule has 4 unspecified atom stereocenters. The average Bonchev–Trinajstić information content (AvgIpc) is 2.39. The molecule has 0 aromatic heterocycles. The van der Waals surface area contributed by atoms with Gasteiger partial charge in [-0.1, -0.05) is 19.3 Å². The lowest BCUT2D eigenvalue weighted by Crippen LogP contribution is -2.49. The van der Waals surface area contributed by atoms with Crippen molar-refractivity contribution in [3.05, 3.63) is 0 Å². The number of hydrogen-bond acceptors (Lipinski definition) is 3. The van der Waals surface area contributed by atoms with Crippen LogP contribution in [0.2, 0.25) is 0 Å². The van der Waals surface area contributed by atoms with Crippen LogP contribution in [0, 0.1) is 0 Å². The van der Waals surface area contributed by atoms with E-state index in [1.807, 2.05) is 18.9 Å². The molecule has 17 heavy (non-hydrogen) atoms. The van der Waals surface area contributed by atoms with E-state index in [0.29, 0.717) is 12.1 Å². The molecule has 0 aromatic rings. The lowest BCUT2D eigenvalue weighted by Gasteiger charge is -2.37. The molecule has 2 aliphatic rings. The number of methoxy groups -OCH3 is 1. The Labute approximate surface area is 110 Å². The SMILES string of the molecule is COC1CCCCC1NC1CCCC(SC)C1. The number of thioether (sulfide) groups is 1. The van der Waals surface area contributed by atoms with Crippen LogP contribution in [-0.4, -0.2) is 36.8 Å². The largest absolute Gasteiger partial charge is 0.380 e. The molecule has 0 bridgehead atoms. The maximum Gasteiger partial charge on any atom is 0.0724 e. The van der Waals surface area contributed by atoms with Crippen molar-refractivity contribution in [2.24, 2.45) is 0 Å². The van der Waals surface area contributed by atoms with Gasteiger partial charge in [-0.2, -0.15) is 11.8 Å². The first-order valence-electron chi connectivity index (χ1n) is 7.15. The van der Waals surface area contributed by atoms with E-state index in [1.54, 1.807) is 0 Å². The monoisotopic (exact) mass is 257 g/mol. The highest BCUT2D eigenvalue weighted by Crippen LogP contribution is 2.29. The van der Waals surface area contributed by atoms with Crippen molar-refractivity contribution in [3.63, 3.8) is 0 Å². The first kappa shape index (κ1) is 13.7. The molecular formula is C14H27NOS. The Morgan fingerprint density at radius 2 is 1.88 bits per heavy atom. The van der Waals surface area contributed by atoms with Crippen LogP contribution < -0.4 is 5.32 Å². The Kier molecular flexibility index (Phi) is 5.64. The van der Waals surface area contributed by atoms with Gasteiger partial charge in [0, 0.05) is 24.4 Å². The summed E-state index contributed by atoms with van der Waals surface area (Å²) in [6, 6.07) is 1.35. The fraction of sp³-hybridized carbons (Fsp3) is 1.00. The Hall–Kier alpha value is 0.270. The van der Waals surface area contributed by atoms with E-state index in [9.17, 15) is 0 Å². The quantitative estimate of drug-likeness (QED) is 0.835. The summed E-state index contributed by atoms with van der Waals surface area (Å²) < 4.78 is 5.63. The van der Waals surface area contributed by atoms with Gasteiger partial charge in [0.05, 0.1) is 6.10 Å². The third-order valence-corrected chi connectivity index (χ3v) is 5.51. The molecule has 0 saturated heterocycles. The third-order valence-electron chi connectivity index (χ3n) is 4.41. The first-order valence-corrected chi connectivity index (χ1v) is 8.44. The molecule has 2 rings (SSSR count). The number of hydrogen-bond donors (Lipinski definition) is 1. The molecule has 2 aliphatic carbocycles. The van der Waals surface area contributed by atoms with E-state index in [1.165, 1.54) is 51.4 Å². The van der Waals surface area contributed by atoms with E-state index in [-0.39, 0.29) is 0 Å². The van der Waals surface area contributed by atoms with Crippen molar-refractivity contribution in [2.75, 3.05) is 13.4 Å². The van der Waals surface area contributed by atoms with Crippen LogP contribution in [0.5, 0.6) is 0 Å². The summed E-state index contributed by atoms with van der Waals surface area (Å²) in [6.07, 6.45) is 13.5. The maximum atomic E-state index is 5.63. The zero-order chi connectivity index (χ0) is 12.1. The summed E-state index contributed by atoms with van der Waals surface area (Å²) >= 11 is 2.05. The second-order valence-electron chi connectivity index (χ2n) is 5.55. The molecule has 1 N–H and O–H groups in total. The van der Waals surface area contributed by atoms with Crippen LogP contribution in [0.1, 0.15) is 51.4 Å². The topological polar surface area (TPSA) is 21.3 Å². The Balaban J connectivity index is 1.81. The highest BCUT2D eigenvalue weighted by Gasteiger charge is 2.29. The van der Waals surface area contributed by atoms with Crippen LogP contribution >= 0.6 is 11.8 Å². The minimum atomic E-state index is 0.457. The molecule has 2 fully saturated rings. The van der Waals surface area contributed by atoms with Gasteiger partial charge in [0.1, 0.15) is 0 Å². The van der Waals surface area contributed by atoms with Crippen LogP contribution in [0.3, 0.4) is 0 Å². The van der Waals surface area contributed by atoms with Crippen LogP contribution in [0.4, 0.5) is 0 Å². The number of ether oxygens (including phenoxy) is 1. The normalized spacial score (nSPS) is 39.2. The third kappa shape index (κ3) is 3.87. The van der Waals surface area contributed by atoms with Crippen molar-refractivity contribution in [2.45, 2.75) is 74.8 Å². The average molecular weight is 257 g/mol. The van der Waals surface area contributed by atoms with Crippen molar-refractivity contribution in [1.82, 2.24) is 5.32 Å². The standard InChI is InChI=1S/C14H27NOS/c1-16-14-9-4-3-8-13(14)15-11-6-5-7-12(10-11)17-2/h11-15H,3-10H2,1-2H3. The van der Waals surface area contributed by atoms with Gasteiger partial charge in [0.25, 0.3) is 0 Å². The second-order valence-corrected chi connectivity index (χ2v) is 6.69. The molecule has 0 radical (unpaired) electrons. The van der Waals surface area contributed by atoms with E-state index < -0.39 is 0 Å². The van der Waals surface area contributed by atoms with E-state index in [2.05, 4.69) is 11.6 Å². The Morgan fingerprint density at radius 3 is 2.65 bits per heavy atom. The van der Waals surface area contributed by atoms with Crippen LogP contribution in [0.25, 0.3) is 0 Å². The number of nitrogens with one attached hydrogen (secondary N) is 1. The summed E-state index contributed by atoms with van der Waals surface area (Å²) in [4.78, 5) is 0. The molecule has 0 aromatic carbocycles. The molecule has 3 heteroatoms. The molecule has 0 spiro atoms. The predicted molar refractivity (Wildman–Crippen MR) is 75.7 cm³/mol. The van der Waals surface area contributed by atoms with Crippen molar-refractivity contribution in [1.29, 1.82) is 0 Å². The molecule has 0 amide bonds. The van der Waals surface area contributed by atoms with Gasteiger partial charge in [-0.25, -0.2) is 0 Å². The second kappa shape index (κ2) is 7.01. The Bertz CT molecular complexity index is 224. The fourth-order valence-electron chi connectivity index (χ4n) is 3.38. The minimum Gasteiger partial charge on any atom is -0.380 e. The first-order chi connectivity index (χ1) is 8.33. The number of rotatable bonds is 4. The molecule has 2 saturated carbocycles. The van der Waals surface area contributed by atoms with Gasteiger partial charge in [0.2, 0.25) is 0 Å². The molecule has 4 atom stereocenters. The highest BCUT2D eigenvalue weighted by molar-refractivity contribution is 7.99. The van der Waals surface area contributed by atoms with Gasteiger partial charge in [-0.05, 0) is 38.4 Å². The van der Waals surface area contributed by atoms with Crippen molar-refractivity contribution < 1.29 is 4.74 Å². The lowest BCUT2D eigenvalue weighted by atomic mass is 9.89. The predicted octanol–water partition coefficient (Wildman–Crippen LogP) is 3.21. The summed E-state index contributed by atoms with van der Waals surface area (Å²) in [5, 5.41) is 4.77. The zero-order valence-corrected chi connectivity index (χ0v) is 12.1. The summed E-state index contributed by atoms with van der Waals surface area (Å²) in [5.41, 5.74) is 0. The molecule has 0 aliphatic heterocycles. The van der Waals surface area contributed by atoms with Gasteiger partial charge in [-0.15, -0.1) is 0 Å². The molecule has 100 valence electrons. The van der Waals surface area contributed by atoms with Gasteiger partial charge >= 0.3 is 0 Å². The molecule has 0 heterocycles. The van der Waals surface area contributed by atoms with Crippen molar-refractivity contribution in [3.8, 4) is 0 Å². The highest BCUT2D eigenvalue weighted by atomic mass is 32.2. The van der Waals surface area contributed by atoms with E-state index >= 15 is 0 Å². The van der Waals surface area contributed by atoms with E-state index in [4.69, 9.17) is 4.74 Å². The van der Waals surface area contributed by atoms with Crippen LogP contribution in [-0.2, 0) is 4.74 Å². The Morgan fingerprint density at radius 1 is 1.06 bits per heavy atom. The fourth-order valence-corrected chi connectivity index (χ4v) is 4.21. The van der Waals surface area contributed by atoms with Crippen molar-refractivity contribution >= 4 is 11.8 Å². The van der Waals surface area contributed by atoms with Gasteiger partial charge in [-0.3, -0.25) is 0 Å².